The molecule has 138 valence electrons. The van der Waals surface area contributed by atoms with Crippen LogP contribution in [-0.4, -0.2) is 52.9 Å². The van der Waals surface area contributed by atoms with E-state index in [1.165, 1.54) is 37.9 Å². The summed E-state index contributed by atoms with van der Waals surface area (Å²) in [7, 11) is 0. The molecule has 2 aromatic rings. The Morgan fingerprint density at radius 1 is 1.23 bits per heavy atom. The monoisotopic (exact) mass is 369 g/mol. The molecule has 0 N–H and O–H groups in total. The fourth-order valence-electron chi connectivity index (χ4n) is 4.15. The van der Waals surface area contributed by atoms with E-state index in [4.69, 9.17) is 4.98 Å². The van der Waals surface area contributed by atoms with Crippen molar-refractivity contribution >= 4 is 17.2 Å². The number of rotatable bonds is 4. The van der Waals surface area contributed by atoms with Crippen LogP contribution >= 0.6 is 11.3 Å². The van der Waals surface area contributed by atoms with Gasteiger partial charge in [0.05, 0.1) is 12.1 Å². The molecule has 0 spiro atoms. The van der Waals surface area contributed by atoms with Crippen molar-refractivity contribution in [1.82, 2.24) is 14.8 Å². The van der Waals surface area contributed by atoms with Crippen molar-refractivity contribution in [2.45, 2.75) is 45.1 Å². The smallest absolute Gasteiger partial charge is 0.228 e. The second-order valence-corrected chi connectivity index (χ2v) is 8.43. The van der Waals surface area contributed by atoms with Crippen LogP contribution in [0, 0.1) is 6.92 Å². The van der Waals surface area contributed by atoms with Gasteiger partial charge in [-0.3, -0.25) is 9.69 Å². The summed E-state index contributed by atoms with van der Waals surface area (Å²) in [5, 5.41) is 3.04. The number of piperidine rings is 1. The Morgan fingerprint density at radius 2 is 2.08 bits per heavy atom. The number of aromatic nitrogens is 1. The van der Waals surface area contributed by atoms with E-state index in [2.05, 4.69) is 41.0 Å². The summed E-state index contributed by atoms with van der Waals surface area (Å²) in [5.41, 5.74) is 3.28. The number of thiazole rings is 1. The van der Waals surface area contributed by atoms with E-state index in [0.717, 1.165) is 35.8 Å². The van der Waals surface area contributed by atoms with E-state index < -0.39 is 0 Å². The van der Waals surface area contributed by atoms with Crippen LogP contribution in [0.15, 0.2) is 29.6 Å². The first-order valence-corrected chi connectivity index (χ1v) is 10.6. The molecule has 2 saturated heterocycles. The third kappa shape index (κ3) is 3.99. The summed E-state index contributed by atoms with van der Waals surface area (Å²) < 4.78 is 0. The van der Waals surface area contributed by atoms with Crippen molar-refractivity contribution in [3.8, 4) is 10.6 Å². The van der Waals surface area contributed by atoms with E-state index in [1.54, 1.807) is 11.3 Å². The molecular weight excluding hydrogens is 342 g/mol. The fraction of sp³-hybridized carbons (Fsp3) is 0.524. The van der Waals surface area contributed by atoms with Crippen LogP contribution < -0.4 is 0 Å². The van der Waals surface area contributed by atoms with Crippen molar-refractivity contribution in [2.75, 3.05) is 26.2 Å². The largest absolute Gasteiger partial charge is 0.341 e. The number of carbonyl (C=O) groups excluding carboxylic acids is 1. The second kappa shape index (κ2) is 7.89. The molecule has 26 heavy (non-hydrogen) atoms. The Kier molecular flexibility index (Phi) is 5.36. The lowest BCUT2D eigenvalue weighted by atomic mass is 10.0. The molecule has 4 rings (SSSR count). The molecule has 4 nitrogen and oxygen atoms in total. The van der Waals surface area contributed by atoms with Gasteiger partial charge in [-0.15, -0.1) is 11.3 Å². The van der Waals surface area contributed by atoms with E-state index in [0.29, 0.717) is 12.5 Å². The van der Waals surface area contributed by atoms with Crippen LogP contribution in [0.1, 0.15) is 36.9 Å². The van der Waals surface area contributed by atoms with Crippen LogP contribution in [0.25, 0.3) is 10.6 Å². The summed E-state index contributed by atoms with van der Waals surface area (Å²) >= 11 is 1.63. The van der Waals surface area contributed by atoms with Crippen LogP contribution in [0.4, 0.5) is 0 Å². The predicted molar refractivity (Wildman–Crippen MR) is 106 cm³/mol. The zero-order valence-corrected chi connectivity index (χ0v) is 16.3. The number of hydrogen-bond donors (Lipinski definition) is 0. The minimum absolute atomic E-state index is 0.231. The number of aryl methyl sites for hydroxylation is 1. The van der Waals surface area contributed by atoms with Crippen LogP contribution in [-0.2, 0) is 11.2 Å². The van der Waals surface area contributed by atoms with Gasteiger partial charge in [-0.05, 0) is 51.8 Å². The van der Waals surface area contributed by atoms with Crippen LogP contribution in [0.3, 0.4) is 0 Å². The molecule has 0 saturated carbocycles. The van der Waals surface area contributed by atoms with Crippen molar-refractivity contribution in [3.05, 3.63) is 40.9 Å². The third-order valence-corrected chi connectivity index (χ3v) is 6.50. The molecule has 2 fully saturated rings. The number of hydrogen-bond acceptors (Lipinski definition) is 4. The van der Waals surface area contributed by atoms with Crippen molar-refractivity contribution in [2.24, 2.45) is 0 Å². The van der Waals surface area contributed by atoms with Gasteiger partial charge in [-0.2, -0.15) is 0 Å². The highest BCUT2D eigenvalue weighted by Gasteiger charge is 2.29. The summed E-state index contributed by atoms with van der Waals surface area (Å²) in [6.07, 6.45) is 5.40. The first kappa shape index (κ1) is 17.7. The topological polar surface area (TPSA) is 36.4 Å². The van der Waals surface area contributed by atoms with Crippen molar-refractivity contribution in [1.29, 1.82) is 0 Å². The fourth-order valence-corrected chi connectivity index (χ4v) is 4.97. The summed E-state index contributed by atoms with van der Waals surface area (Å²) in [6, 6.07) is 8.95. The summed E-state index contributed by atoms with van der Waals surface area (Å²) in [6.45, 7) is 6.30. The SMILES string of the molecule is Cc1cccc(-c2nc(CC(=O)N3CCCC(N4CCCC4)C3)cs2)c1. The Labute approximate surface area is 159 Å². The van der Waals surface area contributed by atoms with E-state index in [9.17, 15) is 4.79 Å². The second-order valence-electron chi connectivity index (χ2n) is 7.57. The van der Waals surface area contributed by atoms with Gasteiger partial charge in [0, 0.05) is 30.1 Å². The molecule has 5 heteroatoms. The molecular formula is C21H27N3OS. The zero-order valence-electron chi connectivity index (χ0n) is 15.5. The Hall–Kier alpha value is -1.72. The number of carbonyl (C=O) groups is 1. The van der Waals surface area contributed by atoms with Gasteiger partial charge in [0.25, 0.3) is 0 Å². The molecule has 1 amide bonds. The number of likely N-dealkylation sites (tertiary alicyclic amines) is 2. The van der Waals surface area contributed by atoms with Crippen LogP contribution in [0.5, 0.6) is 0 Å². The summed E-state index contributed by atoms with van der Waals surface area (Å²) in [4.78, 5) is 22.2. The van der Waals surface area contributed by atoms with Gasteiger partial charge >= 0.3 is 0 Å². The Morgan fingerprint density at radius 3 is 2.88 bits per heavy atom. The van der Waals surface area contributed by atoms with Gasteiger partial charge in [0.15, 0.2) is 0 Å². The number of nitrogens with zero attached hydrogens (tertiary/aromatic N) is 3. The van der Waals surface area contributed by atoms with Gasteiger partial charge in [-0.1, -0.05) is 23.8 Å². The zero-order chi connectivity index (χ0) is 17.9. The van der Waals surface area contributed by atoms with Crippen LogP contribution in [0.2, 0.25) is 0 Å². The standard InChI is InChI=1S/C21H27N3OS/c1-16-6-4-7-17(12-16)21-22-18(15-26-21)13-20(25)24-11-5-8-19(14-24)23-9-2-3-10-23/h4,6-7,12,15,19H,2-3,5,8-11,13-14H2,1H3. The maximum absolute atomic E-state index is 12.8. The van der Waals surface area contributed by atoms with Crippen molar-refractivity contribution in [3.63, 3.8) is 0 Å². The van der Waals surface area contributed by atoms with Gasteiger partial charge in [0.1, 0.15) is 5.01 Å². The minimum atomic E-state index is 0.231. The Bertz CT molecular complexity index is 766. The highest BCUT2D eigenvalue weighted by molar-refractivity contribution is 7.13. The summed E-state index contributed by atoms with van der Waals surface area (Å²) in [5.74, 6) is 0.231. The average Bonchev–Trinajstić information content (AvgIpc) is 3.34. The predicted octanol–water partition coefficient (Wildman–Crippen LogP) is 3.75. The molecule has 0 radical (unpaired) electrons. The Balaban J connectivity index is 1.38. The highest BCUT2D eigenvalue weighted by Crippen LogP contribution is 2.25. The van der Waals surface area contributed by atoms with Gasteiger partial charge < -0.3 is 4.90 Å². The molecule has 3 heterocycles. The van der Waals surface area contributed by atoms with E-state index in [-0.39, 0.29) is 5.91 Å². The lowest BCUT2D eigenvalue weighted by Crippen LogP contribution is -2.49. The molecule has 1 aromatic heterocycles. The molecule has 1 aromatic carbocycles. The molecule has 2 aliphatic rings. The highest BCUT2D eigenvalue weighted by atomic mass is 32.1. The van der Waals surface area contributed by atoms with Gasteiger partial charge in [0.2, 0.25) is 5.91 Å². The van der Waals surface area contributed by atoms with E-state index in [1.807, 2.05) is 5.38 Å². The van der Waals surface area contributed by atoms with Crippen molar-refractivity contribution < 1.29 is 4.79 Å². The molecule has 0 aliphatic carbocycles. The quantitative estimate of drug-likeness (QED) is 0.824. The lowest BCUT2D eigenvalue weighted by Gasteiger charge is -2.37. The molecule has 1 unspecified atom stereocenters. The maximum atomic E-state index is 12.8. The maximum Gasteiger partial charge on any atom is 0.228 e. The average molecular weight is 370 g/mol. The first-order chi connectivity index (χ1) is 12.7. The number of amides is 1. The minimum Gasteiger partial charge on any atom is -0.341 e. The third-order valence-electron chi connectivity index (χ3n) is 5.56. The molecule has 1 atom stereocenters. The number of benzene rings is 1. The lowest BCUT2D eigenvalue weighted by molar-refractivity contribution is -0.132. The molecule has 2 aliphatic heterocycles. The van der Waals surface area contributed by atoms with Gasteiger partial charge in [-0.25, -0.2) is 4.98 Å². The van der Waals surface area contributed by atoms with E-state index >= 15 is 0 Å². The first-order valence-electron chi connectivity index (χ1n) is 9.72. The normalized spacial score (nSPS) is 21.3. The molecule has 0 bridgehead atoms.